The summed E-state index contributed by atoms with van der Waals surface area (Å²) < 4.78 is 1.64. The topological polar surface area (TPSA) is 38.1 Å². The minimum absolute atomic E-state index is 0.0293. The Balaban J connectivity index is 2.18. The molecule has 1 amide bonds. The number of aryl methyl sites for hydroxylation is 1. The highest BCUT2D eigenvalue weighted by Crippen LogP contribution is 2.24. The Hall–Kier alpha value is -1.23. The van der Waals surface area contributed by atoms with Gasteiger partial charge in [-0.2, -0.15) is 5.10 Å². The number of hydrogen-bond acceptors (Lipinski definition) is 2. The van der Waals surface area contributed by atoms with Gasteiger partial charge in [-0.25, -0.2) is 0 Å². The SMILES string of the molecule is Cc1nn(CC(=O)N(Cc2ccc(Cl)c(Cl)c2)C(C)C)c(C)c1Cl. The summed E-state index contributed by atoms with van der Waals surface area (Å²) >= 11 is 18.2. The van der Waals surface area contributed by atoms with E-state index in [-0.39, 0.29) is 18.5 Å². The molecule has 0 aliphatic carbocycles. The molecule has 0 saturated heterocycles. The summed E-state index contributed by atoms with van der Waals surface area (Å²) in [4.78, 5) is 14.5. The van der Waals surface area contributed by atoms with Gasteiger partial charge >= 0.3 is 0 Å². The highest BCUT2D eigenvalue weighted by Gasteiger charge is 2.20. The third-order valence-corrected chi connectivity index (χ3v) is 5.14. The molecule has 2 rings (SSSR count). The second-order valence-electron chi connectivity index (χ2n) is 6.01. The van der Waals surface area contributed by atoms with E-state index in [4.69, 9.17) is 34.8 Å². The van der Waals surface area contributed by atoms with Gasteiger partial charge in [0.2, 0.25) is 5.91 Å². The van der Waals surface area contributed by atoms with Crippen molar-refractivity contribution in [2.75, 3.05) is 0 Å². The van der Waals surface area contributed by atoms with Gasteiger partial charge in [0.1, 0.15) is 6.54 Å². The second-order valence-corrected chi connectivity index (χ2v) is 7.20. The van der Waals surface area contributed by atoms with Crippen molar-refractivity contribution < 1.29 is 4.79 Å². The van der Waals surface area contributed by atoms with Crippen LogP contribution in [0.4, 0.5) is 0 Å². The van der Waals surface area contributed by atoms with E-state index in [2.05, 4.69) is 5.10 Å². The smallest absolute Gasteiger partial charge is 0.244 e. The van der Waals surface area contributed by atoms with E-state index >= 15 is 0 Å². The van der Waals surface area contributed by atoms with E-state index < -0.39 is 0 Å². The van der Waals surface area contributed by atoms with Crippen molar-refractivity contribution in [2.24, 2.45) is 0 Å². The lowest BCUT2D eigenvalue weighted by molar-refractivity contribution is -0.134. The summed E-state index contributed by atoms with van der Waals surface area (Å²) in [7, 11) is 0. The molecule has 0 atom stereocenters. The molecule has 24 heavy (non-hydrogen) atoms. The third kappa shape index (κ3) is 4.24. The second kappa shape index (κ2) is 7.77. The molecule has 0 spiro atoms. The molecule has 1 aromatic heterocycles. The fraction of sp³-hybridized carbons (Fsp3) is 0.412. The average Bonchev–Trinajstić information content (AvgIpc) is 2.75. The van der Waals surface area contributed by atoms with Crippen LogP contribution >= 0.6 is 34.8 Å². The lowest BCUT2D eigenvalue weighted by Crippen LogP contribution is -2.38. The molecule has 0 fully saturated rings. The highest BCUT2D eigenvalue weighted by molar-refractivity contribution is 6.42. The predicted molar refractivity (Wildman–Crippen MR) is 98.9 cm³/mol. The van der Waals surface area contributed by atoms with Crippen molar-refractivity contribution >= 4 is 40.7 Å². The van der Waals surface area contributed by atoms with E-state index in [1.807, 2.05) is 33.8 Å². The van der Waals surface area contributed by atoms with Crippen LogP contribution in [0.1, 0.15) is 30.8 Å². The summed E-state index contributed by atoms with van der Waals surface area (Å²) in [5.74, 6) is -0.0293. The Morgan fingerprint density at radius 2 is 1.88 bits per heavy atom. The number of carbonyl (C=O) groups excluding carboxylic acids is 1. The van der Waals surface area contributed by atoms with Gasteiger partial charge in [-0.15, -0.1) is 0 Å². The lowest BCUT2D eigenvalue weighted by atomic mass is 10.2. The zero-order chi connectivity index (χ0) is 18.0. The zero-order valence-corrected chi connectivity index (χ0v) is 16.4. The molecule has 0 aliphatic heterocycles. The van der Waals surface area contributed by atoms with Gasteiger partial charge in [0.25, 0.3) is 0 Å². The molecule has 0 radical (unpaired) electrons. The van der Waals surface area contributed by atoms with Crippen LogP contribution in [0.25, 0.3) is 0 Å². The summed E-state index contributed by atoms with van der Waals surface area (Å²) in [6.45, 7) is 8.24. The van der Waals surface area contributed by atoms with Gasteiger partial charge in [-0.1, -0.05) is 40.9 Å². The number of carbonyl (C=O) groups is 1. The molecule has 7 heteroatoms. The van der Waals surface area contributed by atoms with Crippen LogP contribution < -0.4 is 0 Å². The molecule has 4 nitrogen and oxygen atoms in total. The van der Waals surface area contributed by atoms with Crippen LogP contribution in [0.3, 0.4) is 0 Å². The maximum Gasteiger partial charge on any atom is 0.244 e. The molecule has 0 saturated carbocycles. The Labute approximate surface area is 157 Å². The molecule has 0 bridgehead atoms. The van der Waals surface area contributed by atoms with Crippen LogP contribution in [0.15, 0.2) is 18.2 Å². The molecule has 1 heterocycles. The van der Waals surface area contributed by atoms with Gasteiger partial charge in [0, 0.05) is 12.6 Å². The van der Waals surface area contributed by atoms with Gasteiger partial charge in [-0.05, 0) is 45.4 Å². The minimum Gasteiger partial charge on any atom is -0.334 e. The quantitative estimate of drug-likeness (QED) is 0.731. The van der Waals surface area contributed by atoms with Gasteiger partial charge < -0.3 is 4.90 Å². The largest absolute Gasteiger partial charge is 0.334 e. The Morgan fingerprint density at radius 1 is 1.21 bits per heavy atom. The first-order chi connectivity index (χ1) is 11.2. The molecular formula is C17H20Cl3N3O. The van der Waals surface area contributed by atoms with E-state index in [9.17, 15) is 4.79 Å². The number of amides is 1. The van der Waals surface area contributed by atoms with Crippen molar-refractivity contribution in [2.45, 2.75) is 46.8 Å². The maximum absolute atomic E-state index is 12.7. The normalized spacial score (nSPS) is 11.2. The first-order valence-corrected chi connectivity index (χ1v) is 8.77. The van der Waals surface area contributed by atoms with Gasteiger partial charge in [0.05, 0.1) is 26.5 Å². The van der Waals surface area contributed by atoms with Crippen LogP contribution in [0.2, 0.25) is 15.1 Å². The number of aromatic nitrogens is 2. The van der Waals surface area contributed by atoms with Crippen molar-refractivity contribution in [3.8, 4) is 0 Å². The van der Waals surface area contributed by atoms with Gasteiger partial charge in [0.15, 0.2) is 0 Å². The molecule has 0 aliphatic rings. The standard InChI is InChI=1S/C17H20Cl3N3O/c1-10(2)22(8-13-5-6-14(18)15(19)7-13)16(24)9-23-12(4)17(20)11(3)21-23/h5-7,10H,8-9H2,1-4H3. The average molecular weight is 389 g/mol. The van der Waals surface area contributed by atoms with E-state index in [0.717, 1.165) is 17.0 Å². The number of benzene rings is 1. The van der Waals surface area contributed by atoms with Gasteiger partial charge in [-0.3, -0.25) is 9.48 Å². The summed E-state index contributed by atoms with van der Waals surface area (Å²) in [6.07, 6.45) is 0. The molecule has 130 valence electrons. The van der Waals surface area contributed by atoms with Crippen LogP contribution in [0.5, 0.6) is 0 Å². The number of halogens is 3. The number of hydrogen-bond donors (Lipinski definition) is 0. The Kier molecular flexibility index (Phi) is 6.18. The number of rotatable bonds is 5. The minimum atomic E-state index is -0.0293. The number of nitrogens with zero attached hydrogens (tertiary/aromatic N) is 3. The third-order valence-electron chi connectivity index (χ3n) is 3.86. The lowest BCUT2D eigenvalue weighted by Gasteiger charge is -2.27. The molecular weight excluding hydrogens is 369 g/mol. The van der Waals surface area contributed by atoms with Crippen molar-refractivity contribution in [1.29, 1.82) is 0 Å². The van der Waals surface area contributed by atoms with E-state index in [1.165, 1.54) is 0 Å². The summed E-state index contributed by atoms with van der Waals surface area (Å²) in [5, 5.41) is 5.91. The molecule has 0 unspecified atom stereocenters. The molecule has 0 N–H and O–H groups in total. The van der Waals surface area contributed by atoms with E-state index in [0.29, 0.717) is 21.6 Å². The first kappa shape index (κ1) is 19.1. The Bertz CT molecular complexity index is 756. The van der Waals surface area contributed by atoms with E-state index in [1.54, 1.807) is 21.7 Å². The van der Waals surface area contributed by atoms with Crippen molar-refractivity contribution in [3.63, 3.8) is 0 Å². The van der Waals surface area contributed by atoms with Crippen LogP contribution in [-0.4, -0.2) is 26.6 Å². The van der Waals surface area contributed by atoms with Crippen molar-refractivity contribution in [3.05, 3.63) is 50.2 Å². The fourth-order valence-corrected chi connectivity index (χ4v) is 2.90. The monoisotopic (exact) mass is 387 g/mol. The maximum atomic E-state index is 12.7. The summed E-state index contributed by atoms with van der Waals surface area (Å²) in [6, 6.07) is 5.44. The fourth-order valence-electron chi connectivity index (χ4n) is 2.44. The molecule has 2 aromatic rings. The van der Waals surface area contributed by atoms with Crippen molar-refractivity contribution in [1.82, 2.24) is 14.7 Å². The summed E-state index contributed by atoms with van der Waals surface area (Å²) in [5.41, 5.74) is 2.45. The highest BCUT2D eigenvalue weighted by atomic mass is 35.5. The zero-order valence-electron chi connectivity index (χ0n) is 14.1. The van der Waals surface area contributed by atoms with Crippen LogP contribution in [-0.2, 0) is 17.9 Å². The first-order valence-electron chi connectivity index (χ1n) is 7.63. The molecule has 1 aromatic carbocycles. The van der Waals surface area contributed by atoms with Crippen LogP contribution in [0, 0.1) is 13.8 Å². The predicted octanol–water partition coefficient (Wildman–Crippen LogP) is 4.90. The Morgan fingerprint density at radius 3 is 2.38 bits per heavy atom.